The molecule has 1 aliphatic heterocycles. The van der Waals surface area contributed by atoms with Crippen LogP contribution in [0.15, 0.2) is 4.52 Å². The lowest BCUT2D eigenvalue weighted by Gasteiger charge is -2.03. The molecule has 2 atom stereocenters. The van der Waals surface area contributed by atoms with Crippen molar-refractivity contribution >= 4 is 0 Å². The largest absolute Gasteiger partial charge is 0.384 e. The molecule has 2 rings (SSSR count). The monoisotopic (exact) mass is 198 g/mol. The van der Waals surface area contributed by atoms with Crippen molar-refractivity contribution < 1.29 is 14.4 Å². The first-order chi connectivity index (χ1) is 6.75. The highest BCUT2D eigenvalue weighted by Gasteiger charge is 2.19. The first kappa shape index (κ1) is 9.61. The van der Waals surface area contributed by atoms with Gasteiger partial charge in [0.1, 0.15) is 6.10 Å². The molecule has 5 nitrogen and oxygen atoms in total. The first-order valence-corrected chi connectivity index (χ1v) is 4.88. The summed E-state index contributed by atoms with van der Waals surface area (Å²) in [7, 11) is 0. The van der Waals surface area contributed by atoms with Gasteiger partial charge in [0, 0.05) is 13.0 Å². The van der Waals surface area contributed by atoms with Crippen LogP contribution in [0.4, 0.5) is 0 Å². The van der Waals surface area contributed by atoms with Crippen LogP contribution in [0.3, 0.4) is 0 Å². The van der Waals surface area contributed by atoms with Gasteiger partial charge in [0.25, 0.3) is 5.89 Å². The van der Waals surface area contributed by atoms with E-state index in [2.05, 4.69) is 10.1 Å². The van der Waals surface area contributed by atoms with E-state index >= 15 is 0 Å². The molecule has 78 valence electrons. The van der Waals surface area contributed by atoms with Gasteiger partial charge in [-0.2, -0.15) is 4.98 Å². The summed E-state index contributed by atoms with van der Waals surface area (Å²) in [5.74, 6) is 0.894. The molecule has 0 saturated carbocycles. The summed E-state index contributed by atoms with van der Waals surface area (Å²) in [5.41, 5.74) is 0. The van der Waals surface area contributed by atoms with Crippen LogP contribution in [-0.2, 0) is 11.2 Å². The third-order valence-corrected chi connectivity index (χ3v) is 2.28. The highest BCUT2D eigenvalue weighted by molar-refractivity contribution is 4.91. The van der Waals surface area contributed by atoms with Gasteiger partial charge in [0.15, 0.2) is 5.82 Å². The second kappa shape index (κ2) is 4.06. The molecule has 2 heterocycles. The maximum atomic E-state index is 9.17. The second-order valence-corrected chi connectivity index (χ2v) is 3.56. The SMILES string of the molecule is CC(O)c1nc(CC2CCCO2)no1. The zero-order valence-corrected chi connectivity index (χ0v) is 8.14. The van der Waals surface area contributed by atoms with Crippen molar-refractivity contribution in [2.75, 3.05) is 6.61 Å². The van der Waals surface area contributed by atoms with Gasteiger partial charge in [-0.15, -0.1) is 0 Å². The van der Waals surface area contributed by atoms with Crippen molar-refractivity contribution in [3.63, 3.8) is 0 Å². The predicted molar refractivity (Wildman–Crippen MR) is 47.6 cm³/mol. The van der Waals surface area contributed by atoms with Crippen LogP contribution in [-0.4, -0.2) is 28.0 Å². The Hall–Kier alpha value is -0.940. The molecule has 2 unspecified atom stereocenters. The lowest BCUT2D eigenvalue weighted by Crippen LogP contribution is -2.10. The Morgan fingerprint density at radius 3 is 3.07 bits per heavy atom. The fourth-order valence-electron chi connectivity index (χ4n) is 1.53. The average molecular weight is 198 g/mol. The van der Waals surface area contributed by atoms with E-state index in [0.29, 0.717) is 12.2 Å². The van der Waals surface area contributed by atoms with E-state index in [1.54, 1.807) is 6.92 Å². The van der Waals surface area contributed by atoms with Gasteiger partial charge in [-0.1, -0.05) is 5.16 Å². The van der Waals surface area contributed by atoms with E-state index in [-0.39, 0.29) is 12.0 Å². The van der Waals surface area contributed by atoms with Gasteiger partial charge < -0.3 is 14.4 Å². The van der Waals surface area contributed by atoms with E-state index < -0.39 is 6.10 Å². The molecule has 1 aliphatic rings. The molecule has 14 heavy (non-hydrogen) atoms. The van der Waals surface area contributed by atoms with E-state index in [1.165, 1.54) is 0 Å². The smallest absolute Gasteiger partial charge is 0.255 e. The molecule has 0 amide bonds. The third-order valence-electron chi connectivity index (χ3n) is 2.28. The van der Waals surface area contributed by atoms with E-state index in [0.717, 1.165) is 19.4 Å². The van der Waals surface area contributed by atoms with E-state index in [9.17, 15) is 5.11 Å². The lowest BCUT2D eigenvalue weighted by atomic mass is 10.2. The topological polar surface area (TPSA) is 68.4 Å². The van der Waals surface area contributed by atoms with Gasteiger partial charge in [-0.3, -0.25) is 0 Å². The van der Waals surface area contributed by atoms with Gasteiger partial charge in [0.2, 0.25) is 0 Å². The lowest BCUT2D eigenvalue weighted by molar-refractivity contribution is 0.109. The van der Waals surface area contributed by atoms with Crippen LogP contribution < -0.4 is 0 Å². The molecular formula is C9H14N2O3. The van der Waals surface area contributed by atoms with E-state index in [1.807, 2.05) is 0 Å². The Kier molecular flexibility index (Phi) is 2.79. The molecule has 5 heteroatoms. The van der Waals surface area contributed by atoms with Crippen LogP contribution in [0.2, 0.25) is 0 Å². The van der Waals surface area contributed by atoms with Crippen molar-refractivity contribution in [2.24, 2.45) is 0 Å². The molecule has 0 spiro atoms. The Morgan fingerprint density at radius 2 is 2.50 bits per heavy atom. The minimum Gasteiger partial charge on any atom is -0.384 e. The number of aliphatic hydroxyl groups excluding tert-OH is 1. The summed E-state index contributed by atoms with van der Waals surface area (Å²) in [6, 6.07) is 0. The standard InChI is InChI=1S/C9H14N2O3/c1-6(12)9-10-8(11-14-9)5-7-3-2-4-13-7/h6-7,12H,2-5H2,1H3. The van der Waals surface area contributed by atoms with Crippen molar-refractivity contribution in [3.8, 4) is 0 Å². The van der Waals surface area contributed by atoms with Gasteiger partial charge in [-0.05, 0) is 19.8 Å². The fraction of sp³-hybridized carbons (Fsp3) is 0.778. The number of hydrogen-bond acceptors (Lipinski definition) is 5. The molecule has 0 aromatic carbocycles. The van der Waals surface area contributed by atoms with Crippen molar-refractivity contribution in [1.29, 1.82) is 0 Å². The number of rotatable bonds is 3. The molecular weight excluding hydrogens is 184 g/mol. The van der Waals surface area contributed by atoms with Gasteiger partial charge in [-0.25, -0.2) is 0 Å². The maximum Gasteiger partial charge on any atom is 0.255 e. The van der Waals surface area contributed by atoms with Crippen LogP contribution in [0.1, 0.15) is 37.6 Å². The summed E-state index contributed by atoms with van der Waals surface area (Å²) in [6.45, 7) is 2.43. The zero-order valence-electron chi connectivity index (χ0n) is 8.14. The van der Waals surface area contributed by atoms with Crippen LogP contribution in [0, 0.1) is 0 Å². The van der Waals surface area contributed by atoms with Crippen molar-refractivity contribution in [1.82, 2.24) is 10.1 Å². The average Bonchev–Trinajstić information content (AvgIpc) is 2.75. The summed E-state index contributed by atoms with van der Waals surface area (Å²) >= 11 is 0. The van der Waals surface area contributed by atoms with E-state index in [4.69, 9.17) is 9.26 Å². The molecule has 1 N–H and O–H groups in total. The number of ether oxygens (including phenoxy) is 1. The molecule has 0 radical (unpaired) electrons. The van der Waals surface area contributed by atoms with Gasteiger partial charge >= 0.3 is 0 Å². The molecule has 1 fully saturated rings. The Balaban J connectivity index is 1.95. The number of nitrogens with zero attached hydrogens (tertiary/aromatic N) is 2. The predicted octanol–water partition coefficient (Wildman–Crippen LogP) is 0.844. The number of hydrogen-bond donors (Lipinski definition) is 1. The molecule has 1 aromatic rings. The quantitative estimate of drug-likeness (QED) is 0.779. The van der Waals surface area contributed by atoms with Crippen LogP contribution >= 0.6 is 0 Å². The Morgan fingerprint density at radius 1 is 1.64 bits per heavy atom. The highest BCUT2D eigenvalue weighted by atomic mass is 16.5. The molecule has 1 saturated heterocycles. The van der Waals surface area contributed by atoms with Crippen molar-refractivity contribution in [3.05, 3.63) is 11.7 Å². The zero-order chi connectivity index (χ0) is 9.97. The number of aromatic nitrogens is 2. The highest BCUT2D eigenvalue weighted by Crippen LogP contribution is 2.16. The Bertz CT molecular complexity index is 292. The summed E-state index contributed by atoms with van der Waals surface area (Å²) in [5, 5.41) is 12.9. The summed E-state index contributed by atoms with van der Waals surface area (Å²) in [4.78, 5) is 4.07. The maximum absolute atomic E-state index is 9.17. The van der Waals surface area contributed by atoms with Gasteiger partial charge in [0.05, 0.1) is 6.10 Å². The minimum atomic E-state index is -0.694. The Labute approximate surface area is 82.1 Å². The number of aliphatic hydroxyl groups is 1. The minimum absolute atomic E-state index is 0.217. The van der Waals surface area contributed by atoms with Crippen LogP contribution in [0.5, 0.6) is 0 Å². The van der Waals surface area contributed by atoms with Crippen LogP contribution in [0.25, 0.3) is 0 Å². The normalized spacial score (nSPS) is 24.0. The summed E-state index contributed by atoms with van der Waals surface area (Å²) in [6.07, 6.45) is 2.36. The fourth-order valence-corrected chi connectivity index (χ4v) is 1.53. The summed E-state index contributed by atoms with van der Waals surface area (Å²) < 4.78 is 10.3. The molecule has 1 aromatic heterocycles. The second-order valence-electron chi connectivity index (χ2n) is 3.56. The van der Waals surface area contributed by atoms with Crippen molar-refractivity contribution in [2.45, 2.75) is 38.4 Å². The molecule has 0 aliphatic carbocycles. The third kappa shape index (κ3) is 2.10. The first-order valence-electron chi connectivity index (χ1n) is 4.88. The molecule has 0 bridgehead atoms.